The molecule has 0 spiro atoms. The van der Waals surface area contributed by atoms with E-state index >= 15 is 0 Å². The Labute approximate surface area is 100 Å². The van der Waals surface area contributed by atoms with Gasteiger partial charge in [0.05, 0.1) is 0 Å². The molecule has 2 N–H and O–H groups in total. The van der Waals surface area contributed by atoms with Crippen LogP contribution >= 0.6 is 11.3 Å². The van der Waals surface area contributed by atoms with E-state index in [1.54, 1.807) is 6.92 Å². The fraction of sp³-hybridized carbons (Fsp3) is 0.333. The quantitative estimate of drug-likeness (QED) is 0.826. The van der Waals surface area contributed by atoms with Gasteiger partial charge in [0.2, 0.25) is 5.89 Å². The highest BCUT2D eigenvalue weighted by molar-refractivity contribution is 7.13. The average Bonchev–Trinajstić information content (AvgIpc) is 2.88. The number of carbonyl (C=O) groups is 1. The van der Waals surface area contributed by atoms with E-state index in [2.05, 4.69) is 20.4 Å². The van der Waals surface area contributed by atoms with Crippen molar-refractivity contribution in [2.45, 2.75) is 13.3 Å². The predicted molar refractivity (Wildman–Crippen MR) is 60.3 cm³/mol. The highest BCUT2D eigenvalue weighted by atomic mass is 32.1. The number of aromatic carboxylic acids is 1. The first-order valence-electron chi connectivity index (χ1n) is 4.87. The van der Waals surface area contributed by atoms with Gasteiger partial charge in [-0.3, -0.25) is 0 Å². The third kappa shape index (κ3) is 3.00. The first-order valence-corrected chi connectivity index (χ1v) is 5.75. The van der Waals surface area contributed by atoms with Crippen LogP contribution in [0.15, 0.2) is 9.90 Å². The van der Waals surface area contributed by atoms with Gasteiger partial charge >= 0.3 is 5.97 Å². The van der Waals surface area contributed by atoms with E-state index in [-0.39, 0.29) is 5.69 Å². The number of nitrogens with zero attached hydrogens (tertiary/aromatic N) is 3. The smallest absolute Gasteiger partial charge is 0.355 e. The lowest BCUT2D eigenvalue weighted by Gasteiger charge is -1.98. The van der Waals surface area contributed by atoms with Crippen molar-refractivity contribution in [3.63, 3.8) is 0 Å². The Morgan fingerprint density at radius 2 is 2.41 bits per heavy atom. The van der Waals surface area contributed by atoms with Crippen LogP contribution in [-0.2, 0) is 6.42 Å². The molecule has 7 nitrogen and oxygen atoms in total. The Hall–Kier alpha value is -1.96. The molecule has 0 aromatic carbocycles. The summed E-state index contributed by atoms with van der Waals surface area (Å²) < 4.78 is 4.93. The fourth-order valence-electron chi connectivity index (χ4n) is 1.17. The highest BCUT2D eigenvalue weighted by Crippen LogP contribution is 2.15. The number of aryl methyl sites for hydroxylation is 1. The van der Waals surface area contributed by atoms with Crippen molar-refractivity contribution in [1.82, 2.24) is 15.1 Å². The maximum absolute atomic E-state index is 10.6. The second-order valence-electron chi connectivity index (χ2n) is 3.26. The van der Waals surface area contributed by atoms with Crippen LogP contribution < -0.4 is 5.32 Å². The summed E-state index contributed by atoms with van der Waals surface area (Å²) >= 11 is 1.25. The zero-order chi connectivity index (χ0) is 12.3. The fourth-order valence-corrected chi connectivity index (χ4v) is 1.88. The van der Waals surface area contributed by atoms with Crippen LogP contribution in [0.3, 0.4) is 0 Å². The summed E-state index contributed by atoms with van der Waals surface area (Å²) in [7, 11) is 0. The number of nitrogens with one attached hydrogen (secondary N) is 1. The molecular formula is C9H10N4O3S. The van der Waals surface area contributed by atoms with Gasteiger partial charge in [0.25, 0.3) is 0 Å². The van der Waals surface area contributed by atoms with Crippen LogP contribution in [0.2, 0.25) is 0 Å². The summed E-state index contributed by atoms with van der Waals surface area (Å²) in [5.74, 6) is 0.120. The summed E-state index contributed by atoms with van der Waals surface area (Å²) in [5.41, 5.74) is 0.0473. The third-order valence-electron chi connectivity index (χ3n) is 1.91. The molecule has 0 atom stereocenters. The second-order valence-corrected chi connectivity index (χ2v) is 4.11. The number of hydrogen-bond donors (Lipinski definition) is 2. The van der Waals surface area contributed by atoms with Gasteiger partial charge in [-0.05, 0) is 6.92 Å². The van der Waals surface area contributed by atoms with Crippen molar-refractivity contribution < 1.29 is 14.4 Å². The molecule has 0 aliphatic carbocycles. The summed E-state index contributed by atoms with van der Waals surface area (Å²) in [6, 6.07) is 0. The third-order valence-corrected chi connectivity index (χ3v) is 2.71. The van der Waals surface area contributed by atoms with Gasteiger partial charge in [0, 0.05) is 18.3 Å². The van der Waals surface area contributed by atoms with Crippen molar-refractivity contribution in [3.8, 4) is 0 Å². The van der Waals surface area contributed by atoms with Crippen LogP contribution in [0.5, 0.6) is 0 Å². The molecule has 2 rings (SSSR count). The molecule has 0 bridgehead atoms. The number of thiazole rings is 1. The summed E-state index contributed by atoms with van der Waals surface area (Å²) in [5, 5.41) is 17.4. The van der Waals surface area contributed by atoms with Gasteiger partial charge < -0.3 is 14.9 Å². The van der Waals surface area contributed by atoms with Crippen molar-refractivity contribution in [2.75, 3.05) is 11.9 Å². The minimum absolute atomic E-state index is 0.0473. The molecule has 2 heterocycles. The minimum atomic E-state index is -1.03. The Bertz CT molecular complexity index is 522. The maximum atomic E-state index is 10.6. The highest BCUT2D eigenvalue weighted by Gasteiger charge is 2.08. The van der Waals surface area contributed by atoms with Gasteiger partial charge in [-0.1, -0.05) is 5.16 Å². The zero-order valence-electron chi connectivity index (χ0n) is 9.01. The topological polar surface area (TPSA) is 101 Å². The van der Waals surface area contributed by atoms with Crippen LogP contribution in [0.1, 0.15) is 22.2 Å². The number of carboxylic acid groups (broad SMARTS) is 1. The Morgan fingerprint density at radius 3 is 3.00 bits per heavy atom. The first kappa shape index (κ1) is 11.5. The normalized spacial score (nSPS) is 10.4. The molecular weight excluding hydrogens is 244 g/mol. The van der Waals surface area contributed by atoms with Crippen molar-refractivity contribution in [1.29, 1.82) is 0 Å². The van der Waals surface area contributed by atoms with E-state index in [1.165, 1.54) is 16.7 Å². The first-order chi connectivity index (χ1) is 8.15. The lowest BCUT2D eigenvalue weighted by Crippen LogP contribution is -2.05. The lowest BCUT2D eigenvalue weighted by atomic mass is 10.4. The van der Waals surface area contributed by atoms with E-state index in [0.717, 1.165) is 0 Å². The molecule has 2 aromatic rings. The number of carboxylic acids is 1. The average molecular weight is 254 g/mol. The van der Waals surface area contributed by atoms with Crippen molar-refractivity contribution in [2.24, 2.45) is 0 Å². The predicted octanol–water partition coefficient (Wildman–Crippen LogP) is 1.19. The van der Waals surface area contributed by atoms with E-state index < -0.39 is 5.97 Å². The van der Waals surface area contributed by atoms with Crippen molar-refractivity contribution in [3.05, 3.63) is 22.8 Å². The van der Waals surface area contributed by atoms with Crippen LogP contribution in [0.4, 0.5) is 5.13 Å². The molecule has 0 unspecified atom stereocenters. The Kier molecular flexibility index (Phi) is 3.33. The molecule has 0 radical (unpaired) electrons. The van der Waals surface area contributed by atoms with Crippen LogP contribution in [0, 0.1) is 6.92 Å². The van der Waals surface area contributed by atoms with Crippen LogP contribution in [-0.4, -0.2) is 32.7 Å². The monoisotopic (exact) mass is 254 g/mol. The SMILES string of the molecule is Cc1noc(CCNc2nc(C(=O)O)cs2)n1. The number of hydrogen-bond acceptors (Lipinski definition) is 7. The largest absolute Gasteiger partial charge is 0.476 e. The van der Waals surface area contributed by atoms with Gasteiger partial charge in [-0.2, -0.15) is 4.98 Å². The van der Waals surface area contributed by atoms with Crippen LogP contribution in [0.25, 0.3) is 0 Å². The number of aromatic nitrogens is 3. The summed E-state index contributed by atoms with van der Waals surface area (Å²) in [6.07, 6.45) is 0.572. The van der Waals surface area contributed by atoms with E-state index in [0.29, 0.717) is 29.8 Å². The van der Waals surface area contributed by atoms with Gasteiger partial charge in [-0.25, -0.2) is 9.78 Å². The molecule has 0 aliphatic heterocycles. The molecule has 0 saturated heterocycles. The molecule has 8 heteroatoms. The van der Waals surface area contributed by atoms with E-state index in [4.69, 9.17) is 9.63 Å². The van der Waals surface area contributed by atoms with Gasteiger partial charge in [-0.15, -0.1) is 11.3 Å². The van der Waals surface area contributed by atoms with E-state index in [1.807, 2.05) is 0 Å². The minimum Gasteiger partial charge on any atom is -0.476 e. The summed E-state index contributed by atoms with van der Waals surface area (Å²) in [4.78, 5) is 18.5. The standard InChI is InChI=1S/C9H10N4O3S/c1-5-11-7(16-13-5)2-3-10-9-12-6(4-17-9)8(14)15/h4H,2-3H2,1H3,(H,10,12)(H,14,15). The molecule has 0 fully saturated rings. The Morgan fingerprint density at radius 1 is 1.59 bits per heavy atom. The van der Waals surface area contributed by atoms with Crippen molar-refractivity contribution >= 4 is 22.4 Å². The molecule has 0 aliphatic rings. The summed E-state index contributed by atoms with van der Waals surface area (Å²) in [6.45, 7) is 2.31. The molecule has 0 amide bonds. The van der Waals surface area contributed by atoms with Gasteiger partial charge in [0.15, 0.2) is 16.6 Å². The Balaban J connectivity index is 1.83. The molecule has 2 aromatic heterocycles. The lowest BCUT2D eigenvalue weighted by molar-refractivity contribution is 0.0691. The second kappa shape index (κ2) is 4.91. The molecule has 0 saturated carbocycles. The maximum Gasteiger partial charge on any atom is 0.355 e. The van der Waals surface area contributed by atoms with Gasteiger partial charge in [0.1, 0.15) is 0 Å². The zero-order valence-corrected chi connectivity index (χ0v) is 9.82. The molecule has 17 heavy (non-hydrogen) atoms. The number of rotatable bonds is 5. The molecule has 90 valence electrons. The number of anilines is 1. The van der Waals surface area contributed by atoms with E-state index in [9.17, 15) is 4.79 Å².